The zero-order valence-corrected chi connectivity index (χ0v) is 12.4. The van der Waals surface area contributed by atoms with E-state index >= 15 is 0 Å². The lowest BCUT2D eigenvalue weighted by Crippen LogP contribution is -2.41. The van der Waals surface area contributed by atoms with Crippen LogP contribution in [-0.2, 0) is 17.8 Å². The third-order valence-electron chi connectivity index (χ3n) is 3.69. The zero-order valence-electron chi connectivity index (χ0n) is 12.4. The molecule has 4 nitrogen and oxygen atoms in total. The maximum Gasteiger partial charge on any atom is 0.118 e. The minimum Gasteiger partial charge on any atom is -0.465 e. The Labute approximate surface area is 116 Å². The van der Waals surface area contributed by atoms with E-state index in [0.717, 1.165) is 57.3 Å². The van der Waals surface area contributed by atoms with Crippen molar-refractivity contribution in [3.05, 3.63) is 23.2 Å². The van der Waals surface area contributed by atoms with Crippen LogP contribution in [0.2, 0.25) is 0 Å². The number of hydrogen-bond donors (Lipinski definition) is 1. The molecular weight excluding hydrogens is 240 g/mol. The summed E-state index contributed by atoms with van der Waals surface area (Å²) >= 11 is 0. The maximum atomic E-state index is 5.79. The van der Waals surface area contributed by atoms with Gasteiger partial charge < -0.3 is 14.5 Å². The fourth-order valence-electron chi connectivity index (χ4n) is 2.49. The molecule has 1 aliphatic heterocycles. The average molecular weight is 266 g/mol. The van der Waals surface area contributed by atoms with Crippen LogP contribution >= 0.6 is 0 Å². The van der Waals surface area contributed by atoms with Crippen molar-refractivity contribution in [2.24, 2.45) is 0 Å². The van der Waals surface area contributed by atoms with Crippen molar-refractivity contribution < 1.29 is 9.15 Å². The molecule has 0 amide bonds. The molecule has 2 rings (SSSR count). The molecule has 1 aromatic heterocycles. The first-order valence-corrected chi connectivity index (χ1v) is 7.35. The number of nitrogens with one attached hydrogen (secondary N) is 1. The van der Waals surface area contributed by atoms with Gasteiger partial charge in [0, 0.05) is 25.2 Å². The van der Waals surface area contributed by atoms with Gasteiger partial charge in [0.1, 0.15) is 11.5 Å². The van der Waals surface area contributed by atoms with Crippen LogP contribution in [0, 0.1) is 6.92 Å². The molecule has 0 aliphatic carbocycles. The molecule has 1 atom stereocenters. The fourth-order valence-corrected chi connectivity index (χ4v) is 2.49. The van der Waals surface area contributed by atoms with Gasteiger partial charge in [0.25, 0.3) is 0 Å². The van der Waals surface area contributed by atoms with E-state index in [1.54, 1.807) is 0 Å². The number of aryl methyl sites for hydroxylation is 1. The molecular formula is C15H26N2O2. The second-order valence-electron chi connectivity index (χ2n) is 5.21. The number of hydrogen-bond acceptors (Lipinski definition) is 4. The summed E-state index contributed by atoms with van der Waals surface area (Å²) < 4.78 is 11.5. The van der Waals surface area contributed by atoms with Crippen molar-refractivity contribution in [2.45, 2.75) is 46.4 Å². The van der Waals surface area contributed by atoms with E-state index in [-0.39, 0.29) is 0 Å². The second kappa shape index (κ2) is 7.08. The normalized spacial score (nSPS) is 20.9. The first-order chi connectivity index (χ1) is 9.22. The Kier molecular flexibility index (Phi) is 5.43. The van der Waals surface area contributed by atoms with Gasteiger partial charge >= 0.3 is 0 Å². The van der Waals surface area contributed by atoms with Crippen LogP contribution in [0.25, 0.3) is 0 Å². The minimum atomic E-state index is 0.391. The average Bonchev–Trinajstić information content (AvgIpc) is 2.77. The van der Waals surface area contributed by atoms with E-state index in [0.29, 0.717) is 6.10 Å². The van der Waals surface area contributed by atoms with Crippen molar-refractivity contribution in [3.63, 3.8) is 0 Å². The summed E-state index contributed by atoms with van der Waals surface area (Å²) in [5.41, 5.74) is 1.31. The SMILES string of the molecule is CCNCc1cc(CN2CCOC(CC)C2)c(C)o1. The Balaban J connectivity index is 1.92. The molecule has 1 aliphatic rings. The van der Waals surface area contributed by atoms with Gasteiger partial charge in [0.15, 0.2) is 0 Å². The Hall–Kier alpha value is -0.840. The molecule has 0 bridgehead atoms. The first kappa shape index (κ1) is 14.6. The lowest BCUT2D eigenvalue weighted by molar-refractivity contribution is -0.0325. The number of nitrogens with zero attached hydrogens (tertiary/aromatic N) is 1. The smallest absolute Gasteiger partial charge is 0.118 e. The summed E-state index contributed by atoms with van der Waals surface area (Å²) in [5, 5.41) is 3.30. The number of morpholine rings is 1. The highest BCUT2D eigenvalue weighted by atomic mass is 16.5. The summed E-state index contributed by atoms with van der Waals surface area (Å²) in [5.74, 6) is 2.09. The van der Waals surface area contributed by atoms with Gasteiger partial charge in [0.05, 0.1) is 19.3 Å². The van der Waals surface area contributed by atoms with E-state index in [2.05, 4.69) is 37.1 Å². The Morgan fingerprint density at radius 1 is 1.42 bits per heavy atom. The Bertz CT molecular complexity index is 389. The third kappa shape index (κ3) is 4.06. The molecule has 1 N–H and O–H groups in total. The van der Waals surface area contributed by atoms with Crippen molar-refractivity contribution >= 4 is 0 Å². The second-order valence-corrected chi connectivity index (χ2v) is 5.21. The predicted octanol–water partition coefficient (Wildman–Crippen LogP) is 2.31. The molecule has 1 fully saturated rings. The highest BCUT2D eigenvalue weighted by Gasteiger charge is 2.20. The number of ether oxygens (including phenoxy) is 1. The molecule has 2 heterocycles. The quantitative estimate of drug-likeness (QED) is 0.857. The molecule has 108 valence electrons. The molecule has 0 saturated carbocycles. The van der Waals surface area contributed by atoms with E-state index < -0.39 is 0 Å². The van der Waals surface area contributed by atoms with Gasteiger partial charge in [-0.15, -0.1) is 0 Å². The summed E-state index contributed by atoms with van der Waals surface area (Å²) in [4.78, 5) is 2.46. The van der Waals surface area contributed by atoms with Gasteiger partial charge in [-0.05, 0) is 26.0 Å². The van der Waals surface area contributed by atoms with Gasteiger partial charge in [-0.25, -0.2) is 0 Å². The van der Waals surface area contributed by atoms with Crippen LogP contribution in [0.5, 0.6) is 0 Å². The summed E-state index contributed by atoms with van der Waals surface area (Å²) in [7, 11) is 0. The van der Waals surface area contributed by atoms with Crippen molar-refractivity contribution in [1.29, 1.82) is 0 Å². The highest BCUT2D eigenvalue weighted by molar-refractivity contribution is 5.20. The monoisotopic (exact) mass is 266 g/mol. The lowest BCUT2D eigenvalue weighted by atomic mass is 10.2. The molecule has 19 heavy (non-hydrogen) atoms. The molecule has 0 radical (unpaired) electrons. The van der Waals surface area contributed by atoms with Crippen molar-refractivity contribution in [3.8, 4) is 0 Å². The van der Waals surface area contributed by atoms with E-state index in [1.165, 1.54) is 5.56 Å². The van der Waals surface area contributed by atoms with Crippen LogP contribution in [0.3, 0.4) is 0 Å². The van der Waals surface area contributed by atoms with Gasteiger partial charge in [0.2, 0.25) is 0 Å². The zero-order chi connectivity index (χ0) is 13.7. The Morgan fingerprint density at radius 2 is 2.26 bits per heavy atom. The van der Waals surface area contributed by atoms with E-state index in [1.807, 2.05) is 0 Å². The molecule has 0 spiro atoms. The van der Waals surface area contributed by atoms with Crippen molar-refractivity contribution in [1.82, 2.24) is 10.2 Å². The lowest BCUT2D eigenvalue weighted by Gasteiger charge is -2.32. The third-order valence-corrected chi connectivity index (χ3v) is 3.69. The van der Waals surface area contributed by atoms with Gasteiger partial charge in [-0.2, -0.15) is 0 Å². The topological polar surface area (TPSA) is 37.6 Å². The van der Waals surface area contributed by atoms with Crippen LogP contribution in [0.4, 0.5) is 0 Å². The van der Waals surface area contributed by atoms with Crippen LogP contribution in [0.15, 0.2) is 10.5 Å². The molecule has 0 aromatic carbocycles. The highest BCUT2D eigenvalue weighted by Crippen LogP contribution is 2.18. The summed E-state index contributed by atoms with van der Waals surface area (Å²) in [6.07, 6.45) is 1.48. The van der Waals surface area contributed by atoms with Gasteiger partial charge in [-0.1, -0.05) is 13.8 Å². The molecule has 1 unspecified atom stereocenters. The fraction of sp³-hybridized carbons (Fsp3) is 0.733. The van der Waals surface area contributed by atoms with Crippen LogP contribution in [0.1, 0.15) is 37.4 Å². The molecule has 1 saturated heterocycles. The summed E-state index contributed by atoms with van der Waals surface area (Å²) in [6, 6.07) is 2.19. The Morgan fingerprint density at radius 3 is 3.00 bits per heavy atom. The maximum absolute atomic E-state index is 5.79. The van der Waals surface area contributed by atoms with E-state index in [4.69, 9.17) is 9.15 Å². The minimum absolute atomic E-state index is 0.391. The van der Waals surface area contributed by atoms with Crippen LogP contribution in [-0.4, -0.2) is 37.2 Å². The molecule has 1 aromatic rings. The molecule has 4 heteroatoms. The largest absolute Gasteiger partial charge is 0.465 e. The van der Waals surface area contributed by atoms with E-state index in [9.17, 15) is 0 Å². The van der Waals surface area contributed by atoms with Crippen molar-refractivity contribution in [2.75, 3.05) is 26.2 Å². The van der Waals surface area contributed by atoms with Crippen LogP contribution < -0.4 is 5.32 Å². The summed E-state index contributed by atoms with van der Waals surface area (Å²) in [6.45, 7) is 12.0. The van der Waals surface area contributed by atoms with Gasteiger partial charge in [-0.3, -0.25) is 4.90 Å². The number of rotatable bonds is 6. The number of furan rings is 1. The first-order valence-electron chi connectivity index (χ1n) is 7.35. The predicted molar refractivity (Wildman–Crippen MR) is 76.1 cm³/mol. The standard InChI is InChI=1S/C15H26N2O2/c1-4-14-11-17(6-7-18-14)10-13-8-15(9-16-5-2)19-12(13)3/h8,14,16H,4-7,9-11H2,1-3H3.